The van der Waals surface area contributed by atoms with Gasteiger partial charge < -0.3 is 10.1 Å². The highest BCUT2D eigenvalue weighted by Crippen LogP contribution is 2.25. The molecule has 0 saturated carbocycles. The lowest BCUT2D eigenvalue weighted by molar-refractivity contribution is -0.125. The summed E-state index contributed by atoms with van der Waals surface area (Å²) in [5.74, 6) is -0.830. The summed E-state index contributed by atoms with van der Waals surface area (Å²) in [6.45, 7) is 0.974. The summed E-state index contributed by atoms with van der Waals surface area (Å²) in [5.41, 5.74) is 0. The van der Waals surface area contributed by atoms with Crippen LogP contribution in [0.2, 0.25) is 0 Å². The first kappa shape index (κ1) is 17.8. The highest BCUT2D eigenvalue weighted by molar-refractivity contribution is 7.89. The number of sulfonamides is 1. The molecule has 128 valence electrons. The van der Waals surface area contributed by atoms with E-state index in [1.165, 1.54) is 23.5 Å². The molecule has 1 amide bonds. The fourth-order valence-electron chi connectivity index (χ4n) is 2.59. The van der Waals surface area contributed by atoms with E-state index in [4.69, 9.17) is 4.74 Å². The molecule has 1 aliphatic rings. The van der Waals surface area contributed by atoms with E-state index < -0.39 is 21.9 Å². The van der Waals surface area contributed by atoms with Crippen LogP contribution in [0.3, 0.4) is 0 Å². The maximum atomic E-state index is 13.0. The van der Waals surface area contributed by atoms with Gasteiger partial charge in [0.05, 0.1) is 11.5 Å². The van der Waals surface area contributed by atoms with E-state index in [9.17, 15) is 17.6 Å². The molecular formula is C15H21FN2O4S. The predicted octanol–water partition coefficient (Wildman–Crippen LogP) is 1.13. The van der Waals surface area contributed by atoms with Gasteiger partial charge in [-0.3, -0.25) is 4.79 Å². The summed E-state index contributed by atoms with van der Waals surface area (Å²) in [6, 6.07) is 3.91. The number of carbonyl (C=O) groups excluding carboxylic acids is 1. The van der Waals surface area contributed by atoms with Crippen LogP contribution in [-0.4, -0.2) is 51.5 Å². The maximum absolute atomic E-state index is 13.0. The lowest BCUT2D eigenvalue weighted by Crippen LogP contribution is -2.52. The molecule has 1 N–H and O–H groups in total. The fraction of sp³-hybridized carbons (Fsp3) is 0.533. The normalized spacial score (nSPS) is 19.5. The first-order chi connectivity index (χ1) is 11.0. The van der Waals surface area contributed by atoms with E-state index >= 15 is 0 Å². The first-order valence-electron chi connectivity index (χ1n) is 7.51. The van der Waals surface area contributed by atoms with Crippen LogP contribution in [-0.2, 0) is 19.6 Å². The van der Waals surface area contributed by atoms with Gasteiger partial charge in [-0.05, 0) is 37.1 Å². The minimum atomic E-state index is -3.83. The molecule has 23 heavy (non-hydrogen) atoms. The Labute approximate surface area is 135 Å². The van der Waals surface area contributed by atoms with Crippen LogP contribution < -0.4 is 5.32 Å². The van der Waals surface area contributed by atoms with Crippen molar-refractivity contribution in [3.8, 4) is 0 Å². The van der Waals surface area contributed by atoms with Crippen molar-refractivity contribution in [2.45, 2.75) is 30.2 Å². The van der Waals surface area contributed by atoms with Crippen molar-refractivity contribution in [3.05, 3.63) is 30.1 Å². The highest BCUT2D eigenvalue weighted by atomic mass is 32.2. The molecule has 2 rings (SSSR count). The molecule has 1 saturated heterocycles. The number of carbonyl (C=O) groups is 1. The minimum absolute atomic E-state index is 0.00417. The second-order valence-corrected chi connectivity index (χ2v) is 7.26. The van der Waals surface area contributed by atoms with E-state index in [2.05, 4.69) is 5.32 Å². The molecule has 0 aromatic heterocycles. The Morgan fingerprint density at radius 2 is 2.04 bits per heavy atom. The number of rotatable bonds is 6. The minimum Gasteiger partial charge on any atom is -0.383 e. The molecule has 1 heterocycles. The lowest BCUT2D eigenvalue weighted by Gasteiger charge is -2.33. The number of hydrogen-bond donors (Lipinski definition) is 1. The van der Waals surface area contributed by atoms with Gasteiger partial charge in [-0.15, -0.1) is 0 Å². The van der Waals surface area contributed by atoms with Crippen molar-refractivity contribution < 1.29 is 22.3 Å². The van der Waals surface area contributed by atoms with Gasteiger partial charge in [-0.2, -0.15) is 4.31 Å². The van der Waals surface area contributed by atoms with E-state index in [0.717, 1.165) is 18.6 Å². The zero-order valence-corrected chi connectivity index (χ0v) is 13.8. The van der Waals surface area contributed by atoms with Gasteiger partial charge in [-0.25, -0.2) is 12.8 Å². The Balaban J connectivity index is 2.19. The van der Waals surface area contributed by atoms with E-state index in [0.29, 0.717) is 26.0 Å². The monoisotopic (exact) mass is 344 g/mol. The van der Waals surface area contributed by atoms with Gasteiger partial charge in [0, 0.05) is 20.2 Å². The predicted molar refractivity (Wildman–Crippen MR) is 82.8 cm³/mol. The van der Waals surface area contributed by atoms with Crippen molar-refractivity contribution in [1.82, 2.24) is 9.62 Å². The average molecular weight is 344 g/mol. The van der Waals surface area contributed by atoms with Crippen molar-refractivity contribution in [3.63, 3.8) is 0 Å². The highest BCUT2D eigenvalue weighted by Gasteiger charge is 2.37. The van der Waals surface area contributed by atoms with Gasteiger partial charge in [0.15, 0.2) is 0 Å². The Kier molecular flexibility index (Phi) is 6.09. The SMILES string of the molecule is COCCNC(=O)[C@@H]1CCCCN1S(=O)(=O)c1ccc(F)cc1. The maximum Gasteiger partial charge on any atom is 0.243 e. The molecule has 0 radical (unpaired) electrons. The Morgan fingerprint density at radius 1 is 1.35 bits per heavy atom. The van der Waals surface area contributed by atoms with Crippen LogP contribution in [0.5, 0.6) is 0 Å². The van der Waals surface area contributed by atoms with Gasteiger partial charge in [-0.1, -0.05) is 6.42 Å². The topological polar surface area (TPSA) is 75.7 Å². The first-order valence-corrected chi connectivity index (χ1v) is 8.95. The summed E-state index contributed by atoms with van der Waals surface area (Å²) in [4.78, 5) is 12.3. The van der Waals surface area contributed by atoms with Crippen LogP contribution >= 0.6 is 0 Å². The zero-order valence-electron chi connectivity index (χ0n) is 13.0. The molecule has 1 aromatic rings. The van der Waals surface area contributed by atoms with Crippen LogP contribution in [0.1, 0.15) is 19.3 Å². The Bertz CT molecular complexity index is 633. The van der Waals surface area contributed by atoms with Gasteiger partial charge >= 0.3 is 0 Å². The quantitative estimate of drug-likeness (QED) is 0.785. The Hall–Kier alpha value is -1.51. The summed E-state index contributed by atoms with van der Waals surface area (Å²) in [5, 5.41) is 2.69. The molecule has 0 aliphatic carbocycles. The van der Waals surface area contributed by atoms with Crippen LogP contribution in [0.25, 0.3) is 0 Å². The van der Waals surface area contributed by atoms with Crippen molar-refractivity contribution in [2.75, 3.05) is 26.8 Å². The van der Waals surface area contributed by atoms with Crippen molar-refractivity contribution >= 4 is 15.9 Å². The van der Waals surface area contributed by atoms with Gasteiger partial charge in [0.2, 0.25) is 15.9 Å². The second-order valence-electron chi connectivity index (χ2n) is 5.37. The lowest BCUT2D eigenvalue weighted by atomic mass is 10.0. The number of piperidine rings is 1. The summed E-state index contributed by atoms with van der Waals surface area (Å²) in [7, 11) is -2.30. The van der Waals surface area contributed by atoms with Crippen molar-refractivity contribution in [1.29, 1.82) is 0 Å². The van der Waals surface area contributed by atoms with Crippen molar-refractivity contribution in [2.24, 2.45) is 0 Å². The van der Waals surface area contributed by atoms with Gasteiger partial charge in [0.25, 0.3) is 0 Å². The fourth-order valence-corrected chi connectivity index (χ4v) is 4.25. The smallest absolute Gasteiger partial charge is 0.243 e. The molecule has 1 atom stereocenters. The van der Waals surface area contributed by atoms with Crippen LogP contribution in [0, 0.1) is 5.82 Å². The molecule has 0 unspecified atom stereocenters. The number of amides is 1. The standard InChI is InChI=1S/C15H21FN2O4S/c1-22-11-9-17-15(19)14-4-2-3-10-18(14)23(20,21)13-7-5-12(16)6-8-13/h5-8,14H,2-4,9-11H2,1H3,(H,17,19)/t14-/m0/s1. The third kappa shape index (κ3) is 4.27. The van der Waals surface area contributed by atoms with E-state index in [-0.39, 0.29) is 17.3 Å². The molecule has 0 bridgehead atoms. The summed E-state index contributed by atoms with van der Waals surface area (Å²) >= 11 is 0. The number of hydrogen-bond acceptors (Lipinski definition) is 4. The number of nitrogens with one attached hydrogen (secondary N) is 1. The molecular weight excluding hydrogens is 323 g/mol. The molecule has 1 aliphatic heterocycles. The number of nitrogens with zero attached hydrogens (tertiary/aromatic N) is 1. The van der Waals surface area contributed by atoms with Crippen LogP contribution in [0.15, 0.2) is 29.2 Å². The third-order valence-electron chi connectivity index (χ3n) is 3.78. The number of halogens is 1. The number of benzene rings is 1. The molecule has 6 nitrogen and oxygen atoms in total. The summed E-state index contributed by atoms with van der Waals surface area (Å²) < 4.78 is 44.6. The molecule has 8 heteroatoms. The van der Waals surface area contributed by atoms with E-state index in [1.54, 1.807) is 0 Å². The second kappa shape index (κ2) is 7.85. The summed E-state index contributed by atoms with van der Waals surface area (Å²) in [6.07, 6.45) is 1.96. The molecule has 0 spiro atoms. The average Bonchev–Trinajstić information content (AvgIpc) is 2.55. The van der Waals surface area contributed by atoms with E-state index in [1.807, 2.05) is 0 Å². The number of ether oxygens (including phenoxy) is 1. The van der Waals surface area contributed by atoms with Crippen LogP contribution in [0.4, 0.5) is 4.39 Å². The number of methoxy groups -OCH3 is 1. The molecule has 1 aromatic carbocycles. The van der Waals surface area contributed by atoms with Gasteiger partial charge in [0.1, 0.15) is 11.9 Å². The Morgan fingerprint density at radius 3 is 2.70 bits per heavy atom. The zero-order chi connectivity index (χ0) is 16.9. The largest absolute Gasteiger partial charge is 0.383 e. The third-order valence-corrected chi connectivity index (χ3v) is 5.70. The molecule has 1 fully saturated rings.